The zero-order valence-corrected chi connectivity index (χ0v) is 25.9. The zero-order valence-electron chi connectivity index (χ0n) is 22.0. The van der Waals surface area contributed by atoms with Crippen LogP contribution in [0.3, 0.4) is 0 Å². The summed E-state index contributed by atoms with van der Waals surface area (Å²) < 4.78 is 51.3. The van der Waals surface area contributed by atoms with Crippen molar-refractivity contribution in [1.82, 2.24) is 4.72 Å². The topological polar surface area (TPSA) is 102 Å². The number of nitrogens with zero attached hydrogens (tertiary/aromatic N) is 1. The summed E-state index contributed by atoms with van der Waals surface area (Å²) in [5, 5.41) is 0. The molecule has 2 bridgehead atoms. The minimum atomic E-state index is -4.26. The summed E-state index contributed by atoms with van der Waals surface area (Å²) in [5.41, 5.74) is 2.68. The Bertz CT molecular complexity index is 1510. The molecule has 0 aromatic heterocycles. The summed E-state index contributed by atoms with van der Waals surface area (Å²) in [4.78, 5) is 12.1. The number of rotatable bonds is 8. The van der Waals surface area contributed by atoms with Gasteiger partial charge in [-0.25, -0.2) is 13.7 Å². The van der Waals surface area contributed by atoms with Crippen molar-refractivity contribution in [2.24, 2.45) is 21.0 Å². The number of esters is 1. The molecule has 1 saturated carbocycles. The number of alkyl halides is 3. The van der Waals surface area contributed by atoms with Crippen LogP contribution in [0.2, 0.25) is 0 Å². The average molecular weight is 634 g/mol. The number of fused-ring (bicyclic) bond motifs is 1. The van der Waals surface area contributed by atoms with E-state index in [-0.39, 0.29) is 33.6 Å². The van der Waals surface area contributed by atoms with E-state index < -0.39 is 35.7 Å². The molecule has 39 heavy (non-hydrogen) atoms. The van der Waals surface area contributed by atoms with Crippen LogP contribution in [0.4, 0.5) is 0 Å². The number of hydrogen-bond donors (Lipinski definition) is 1. The highest BCUT2D eigenvalue weighted by atomic mass is 35.6. The van der Waals surface area contributed by atoms with Gasteiger partial charge in [-0.1, -0.05) is 99.5 Å². The highest BCUT2D eigenvalue weighted by molar-refractivity contribution is 8.02. The second-order valence-corrected chi connectivity index (χ2v) is 16.7. The SMILES string of the molecule is Cc1ccc(S(=O)(=O)N=S(=O)(N[C@@H]2C=C(CCOC(=O)C(Cl)(Cl)Cl)[C@@H]3C[C@H]2C3(C)C)c2ccc(C)cc2)cc1. The number of halogens is 3. The number of sulfonamides is 1. The third kappa shape index (κ3) is 6.49. The van der Waals surface area contributed by atoms with Gasteiger partial charge in [0, 0.05) is 12.5 Å². The predicted molar refractivity (Wildman–Crippen MR) is 155 cm³/mol. The fourth-order valence-electron chi connectivity index (χ4n) is 5.31. The lowest BCUT2D eigenvalue weighted by Crippen LogP contribution is -2.58. The molecule has 7 nitrogen and oxygen atoms in total. The number of hydrogen-bond acceptors (Lipinski definition) is 5. The highest BCUT2D eigenvalue weighted by Crippen LogP contribution is 2.60. The highest BCUT2D eigenvalue weighted by Gasteiger charge is 2.55. The first kappa shape index (κ1) is 30.3. The van der Waals surface area contributed by atoms with Gasteiger partial charge in [-0.2, -0.15) is 8.42 Å². The molecule has 0 saturated heterocycles. The Balaban J connectivity index is 1.70. The van der Waals surface area contributed by atoms with E-state index in [1.54, 1.807) is 36.4 Å². The molecule has 0 spiro atoms. The quantitative estimate of drug-likeness (QED) is 0.209. The number of carbonyl (C=O) groups excluding carboxylic acids is 1. The maximum Gasteiger partial charge on any atom is 0.358 e. The number of ether oxygens (including phenoxy) is 1. The largest absolute Gasteiger partial charge is 0.462 e. The summed E-state index contributed by atoms with van der Waals surface area (Å²) in [6.07, 6.45) is 3.16. The minimum Gasteiger partial charge on any atom is -0.462 e. The Morgan fingerprint density at radius 2 is 1.54 bits per heavy atom. The third-order valence-electron chi connectivity index (χ3n) is 7.63. The molecule has 0 aliphatic heterocycles. The second kappa shape index (κ2) is 11.0. The average Bonchev–Trinajstić information content (AvgIpc) is 2.83. The summed E-state index contributed by atoms with van der Waals surface area (Å²) in [5.74, 6) is -0.624. The molecular weight excluding hydrogens is 603 g/mol. The van der Waals surface area contributed by atoms with Crippen molar-refractivity contribution in [3.05, 3.63) is 71.3 Å². The number of carbonyl (C=O) groups is 1. The van der Waals surface area contributed by atoms with E-state index in [9.17, 15) is 17.4 Å². The van der Waals surface area contributed by atoms with Gasteiger partial charge in [-0.3, -0.25) is 0 Å². The molecule has 1 unspecified atom stereocenters. The van der Waals surface area contributed by atoms with Gasteiger partial charge < -0.3 is 4.74 Å². The molecule has 1 N–H and O–H groups in total. The molecule has 5 rings (SSSR count). The molecule has 4 atom stereocenters. The molecule has 1 fully saturated rings. The van der Waals surface area contributed by atoms with Gasteiger partial charge in [-0.15, -0.1) is 0 Å². The van der Waals surface area contributed by atoms with Gasteiger partial charge in [0.2, 0.25) is 0 Å². The molecule has 12 heteroatoms. The van der Waals surface area contributed by atoms with Crippen molar-refractivity contribution in [2.75, 3.05) is 6.61 Å². The number of aryl methyl sites for hydroxylation is 2. The maximum absolute atomic E-state index is 14.5. The monoisotopic (exact) mass is 632 g/mol. The van der Waals surface area contributed by atoms with E-state index in [1.165, 1.54) is 12.1 Å². The first-order valence-corrected chi connectivity index (χ1v) is 16.5. The van der Waals surface area contributed by atoms with Crippen molar-refractivity contribution in [3.8, 4) is 0 Å². The second-order valence-electron chi connectivity index (χ2n) is 10.7. The van der Waals surface area contributed by atoms with Gasteiger partial charge in [0.15, 0.2) is 9.92 Å². The summed E-state index contributed by atoms with van der Waals surface area (Å²) in [6.45, 7) is 8.00. The van der Waals surface area contributed by atoms with E-state index in [0.717, 1.165) is 23.1 Å². The van der Waals surface area contributed by atoms with E-state index in [1.807, 2.05) is 19.9 Å². The molecule has 2 aromatic carbocycles. The first-order chi connectivity index (χ1) is 18.0. The van der Waals surface area contributed by atoms with E-state index in [4.69, 9.17) is 39.5 Å². The Labute approximate surface area is 245 Å². The van der Waals surface area contributed by atoms with Crippen LogP contribution < -0.4 is 4.72 Å². The number of benzene rings is 2. The van der Waals surface area contributed by atoms with Crippen molar-refractivity contribution in [1.29, 1.82) is 0 Å². The lowest BCUT2D eigenvalue weighted by atomic mass is 9.47. The van der Waals surface area contributed by atoms with Crippen LogP contribution in [0.5, 0.6) is 0 Å². The summed E-state index contributed by atoms with van der Waals surface area (Å²) >= 11 is 16.8. The van der Waals surface area contributed by atoms with Crippen LogP contribution >= 0.6 is 34.8 Å². The molecule has 0 heterocycles. The fourth-order valence-corrected chi connectivity index (χ4v) is 9.16. The fraction of sp³-hybridized carbons (Fsp3) is 0.444. The Morgan fingerprint density at radius 1 is 1.00 bits per heavy atom. The van der Waals surface area contributed by atoms with Crippen LogP contribution in [0.1, 0.15) is 37.8 Å². The lowest BCUT2D eigenvalue weighted by molar-refractivity contribution is -0.142. The third-order valence-corrected chi connectivity index (χ3v) is 12.1. The predicted octanol–water partition coefficient (Wildman–Crippen LogP) is 6.30. The van der Waals surface area contributed by atoms with Crippen LogP contribution in [0.15, 0.2) is 73.7 Å². The normalized spacial score (nSPS) is 23.7. The van der Waals surface area contributed by atoms with Gasteiger partial charge in [0.25, 0.3) is 13.8 Å². The lowest BCUT2D eigenvalue weighted by Gasteiger charge is -2.59. The van der Waals surface area contributed by atoms with Gasteiger partial charge in [0.1, 0.15) is 0 Å². The van der Waals surface area contributed by atoms with Gasteiger partial charge >= 0.3 is 5.97 Å². The van der Waals surface area contributed by atoms with Crippen LogP contribution in [0.25, 0.3) is 0 Å². The summed E-state index contributed by atoms with van der Waals surface area (Å²) in [6, 6.07) is 12.6. The van der Waals surface area contributed by atoms with E-state index in [0.29, 0.717) is 6.42 Å². The molecular formula is C27H31Cl3N2O5S2. The van der Waals surface area contributed by atoms with E-state index >= 15 is 0 Å². The van der Waals surface area contributed by atoms with Gasteiger partial charge in [0.05, 0.1) is 16.4 Å². The molecule has 212 valence electrons. The van der Waals surface area contributed by atoms with Crippen LogP contribution in [0, 0.1) is 31.1 Å². The Morgan fingerprint density at radius 3 is 2.05 bits per heavy atom. The van der Waals surface area contributed by atoms with Crippen molar-refractivity contribution in [2.45, 2.75) is 60.2 Å². The number of nitrogens with one attached hydrogen (secondary N) is 1. The summed E-state index contributed by atoms with van der Waals surface area (Å²) in [7, 11) is -7.89. The smallest absolute Gasteiger partial charge is 0.358 e. The van der Waals surface area contributed by atoms with Crippen LogP contribution in [-0.2, 0) is 29.5 Å². The first-order valence-electron chi connectivity index (χ1n) is 12.4. The van der Waals surface area contributed by atoms with Crippen molar-refractivity contribution >= 4 is 60.7 Å². The van der Waals surface area contributed by atoms with Gasteiger partial charge in [-0.05, 0) is 61.8 Å². The van der Waals surface area contributed by atoms with Crippen LogP contribution in [-0.4, -0.2) is 35.0 Å². The molecule has 2 aromatic rings. The van der Waals surface area contributed by atoms with E-state index in [2.05, 4.69) is 22.3 Å². The Hall–Kier alpha value is -1.62. The van der Waals surface area contributed by atoms with Crippen molar-refractivity contribution in [3.63, 3.8) is 0 Å². The molecule has 3 aliphatic carbocycles. The molecule has 0 amide bonds. The Kier molecular flexibility index (Phi) is 8.55. The molecule has 3 aliphatic rings. The minimum absolute atomic E-state index is 0.0159. The van der Waals surface area contributed by atoms with Crippen molar-refractivity contribution < 1.29 is 22.2 Å². The maximum atomic E-state index is 14.5. The standard InChI is InChI=1S/C27H31Cl3N2O5S2/c1-17-5-9-20(10-6-17)38(34,32-39(35,36)21-11-7-18(2)8-12-21)31-24-15-19(22-16-23(24)26(22,3)4)13-14-37-25(33)27(28,29)30/h5-12,15,22-24H,13-14,16H2,1-4H3,(H,31,32,34)/t22-,23+,24+,38?/m0/s1. The zero-order chi connectivity index (χ0) is 28.8. The molecule has 0 radical (unpaired) electrons.